The predicted molar refractivity (Wildman–Crippen MR) is 81.3 cm³/mol. The summed E-state index contributed by atoms with van der Waals surface area (Å²) in [5.74, 6) is -4.96. The number of hydrogen-bond donors (Lipinski definition) is 1. The fourth-order valence-corrected chi connectivity index (χ4v) is 2.50. The highest BCUT2D eigenvalue weighted by Crippen LogP contribution is 2.26. The topological polar surface area (TPSA) is 75.7 Å². The van der Waals surface area contributed by atoms with E-state index in [1.807, 2.05) is 0 Å². The third-order valence-corrected chi connectivity index (χ3v) is 3.94. The van der Waals surface area contributed by atoms with E-state index in [1.54, 1.807) is 6.92 Å². The molecule has 24 heavy (non-hydrogen) atoms. The average molecular weight is 361 g/mol. The molecule has 0 radical (unpaired) electrons. The van der Waals surface area contributed by atoms with E-state index in [4.69, 9.17) is 11.6 Å². The first-order chi connectivity index (χ1) is 11.3. The smallest absolute Gasteiger partial charge is 0.397 e. The summed E-state index contributed by atoms with van der Waals surface area (Å²) in [4.78, 5) is 36.6. The Labute approximate surface area is 141 Å². The van der Waals surface area contributed by atoms with Crippen LogP contribution < -0.4 is 5.32 Å². The molecule has 1 heterocycles. The van der Waals surface area contributed by atoms with Crippen LogP contribution in [0.3, 0.4) is 0 Å². The summed E-state index contributed by atoms with van der Waals surface area (Å²) in [6.45, 7) is 1.88. The van der Waals surface area contributed by atoms with E-state index in [0.29, 0.717) is 6.42 Å². The molecule has 2 amide bonds. The van der Waals surface area contributed by atoms with Gasteiger partial charge in [-0.15, -0.1) is 0 Å². The summed E-state index contributed by atoms with van der Waals surface area (Å²) in [7, 11) is 0. The summed E-state index contributed by atoms with van der Waals surface area (Å²) >= 11 is 5.45. The zero-order valence-corrected chi connectivity index (χ0v) is 13.5. The number of hydrogen-bond acceptors (Lipinski definition) is 4. The van der Waals surface area contributed by atoms with Crippen LogP contribution in [0.1, 0.15) is 13.3 Å². The summed E-state index contributed by atoms with van der Waals surface area (Å²) in [5.41, 5.74) is -0.249. The Morgan fingerprint density at radius 1 is 1.38 bits per heavy atom. The van der Waals surface area contributed by atoms with Gasteiger partial charge in [-0.25, -0.2) is 13.6 Å². The number of rotatable bonds is 3. The third kappa shape index (κ3) is 3.81. The molecule has 9 heteroatoms. The van der Waals surface area contributed by atoms with Gasteiger partial charge < -0.3 is 15.0 Å². The number of carbonyl (C=O) groups excluding carboxylic acids is 3. The van der Waals surface area contributed by atoms with Gasteiger partial charge in [0.15, 0.2) is 5.82 Å². The zero-order valence-electron chi connectivity index (χ0n) is 12.8. The maximum Gasteiger partial charge on any atom is 0.397 e. The molecule has 1 fully saturated rings. The highest BCUT2D eigenvalue weighted by atomic mass is 35.5. The molecular weight excluding hydrogens is 346 g/mol. The van der Waals surface area contributed by atoms with Crippen molar-refractivity contribution in [1.29, 1.82) is 0 Å². The summed E-state index contributed by atoms with van der Waals surface area (Å²) in [6, 6.07) is 2.00. The molecule has 1 aromatic rings. The lowest BCUT2D eigenvalue weighted by Gasteiger charge is -2.15. The molecule has 1 aliphatic rings. The predicted octanol–water partition coefficient (Wildman–Crippen LogP) is 1.97. The van der Waals surface area contributed by atoms with Crippen LogP contribution in [0.2, 0.25) is 5.02 Å². The lowest BCUT2D eigenvalue weighted by molar-refractivity contribution is -0.159. The minimum Gasteiger partial charge on any atom is -0.459 e. The Morgan fingerprint density at radius 2 is 2.08 bits per heavy atom. The summed E-state index contributed by atoms with van der Waals surface area (Å²) in [5, 5.41) is 1.60. The van der Waals surface area contributed by atoms with Crippen LogP contribution in [-0.4, -0.2) is 42.4 Å². The Balaban J connectivity index is 1.99. The van der Waals surface area contributed by atoms with Gasteiger partial charge in [0, 0.05) is 13.1 Å². The molecule has 0 unspecified atom stereocenters. The minimum absolute atomic E-state index is 0.0139. The van der Waals surface area contributed by atoms with Gasteiger partial charge >= 0.3 is 11.9 Å². The first-order valence-electron chi connectivity index (χ1n) is 7.25. The van der Waals surface area contributed by atoms with E-state index in [2.05, 4.69) is 10.1 Å². The third-order valence-electron chi connectivity index (χ3n) is 3.59. The Morgan fingerprint density at radius 3 is 2.75 bits per heavy atom. The van der Waals surface area contributed by atoms with Crippen molar-refractivity contribution in [3.8, 4) is 0 Å². The molecule has 0 bridgehead atoms. The number of amides is 2. The van der Waals surface area contributed by atoms with Gasteiger partial charge in [-0.2, -0.15) is 0 Å². The second kappa shape index (κ2) is 7.57. The van der Waals surface area contributed by atoms with Gasteiger partial charge in [-0.05, 0) is 25.5 Å². The van der Waals surface area contributed by atoms with Crippen molar-refractivity contribution < 1.29 is 27.9 Å². The van der Waals surface area contributed by atoms with Crippen LogP contribution in [0.15, 0.2) is 12.1 Å². The Bertz CT molecular complexity index is 684. The summed E-state index contributed by atoms with van der Waals surface area (Å²) in [6.07, 6.45) is 0.313. The van der Waals surface area contributed by atoms with Gasteiger partial charge in [-0.1, -0.05) is 11.6 Å². The maximum absolute atomic E-state index is 13.8. The highest BCUT2D eigenvalue weighted by Gasteiger charge is 2.34. The second-order valence-electron chi connectivity index (χ2n) is 5.17. The number of nitrogens with one attached hydrogen (secondary N) is 1. The summed E-state index contributed by atoms with van der Waals surface area (Å²) < 4.78 is 31.5. The monoisotopic (exact) mass is 360 g/mol. The number of carbonyl (C=O) groups is 3. The minimum atomic E-state index is -1.07. The van der Waals surface area contributed by atoms with E-state index in [1.165, 1.54) is 4.90 Å². The Hall–Kier alpha value is -2.22. The van der Waals surface area contributed by atoms with E-state index in [-0.39, 0.29) is 25.4 Å². The number of nitrogens with zero attached hydrogens (tertiary/aromatic N) is 1. The number of benzene rings is 1. The normalized spacial score (nSPS) is 16.8. The standard InChI is InChI=1S/C15H15ClF2N2O4/c1-2-24-15(23)14(22)20-6-5-8(7-20)13(21)19-10-4-3-9(17)11(16)12(10)18/h3-4,8H,2,5-7H2,1H3,(H,19,21)/t8-/m0/s1. The van der Waals surface area contributed by atoms with Gasteiger partial charge in [0.05, 0.1) is 18.2 Å². The average Bonchev–Trinajstić information content (AvgIpc) is 3.05. The fourth-order valence-electron chi connectivity index (χ4n) is 2.34. The van der Waals surface area contributed by atoms with Gasteiger partial charge in [0.1, 0.15) is 10.8 Å². The first kappa shape index (κ1) is 18.1. The van der Waals surface area contributed by atoms with Gasteiger partial charge in [0.25, 0.3) is 0 Å². The van der Waals surface area contributed by atoms with Crippen LogP contribution in [0.5, 0.6) is 0 Å². The zero-order chi connectivity index (χ0) is 17.9. The van der Waals surface area contributed by atoms with E-state index < -0.39 is 40.4 Å². The number of esters is 1. The van der Waals surface area contributed by atoms with E-state index in [9.17, 15) is 23.2 Å². The second-order valence-corrected chi connectivity index (χ2v) is 5.55. The lowest BCUT2D eigenvalue weighted by atomic mass is 10.1. The molecule has 1 aromatic carbocycles. The molecule has 2 rings (SSSR count). The molecule has 1 N–H and O–H groups in total. The fraction of sp³-hybridized carbons (Fsp3) is 0.400. The highest BCUT2D eigenvalue weighted by molar-refractivity contribution is 6.32. The van der Waals surface area contributed by atoms with Crippen LogP contribution in [0.25, 0.3) is 0 Å². The first-order valence-corrected chi connectivity index (χ1v) is 7.63. The van der Waals surface area contributed by atoms with Crippen molar-refractivity contribution in [1.82, 2.24) is 4.90 Å². The molecule has 6 nitrogen and oxygen atoms in total. The van der Waals surface area contributed by atoms with Gasteiger partial charge in [-0.3, -0.25) is 9.59 Å². The SMILES string of the molecule is CCOC(=O)C(=O)N1CC[C@H](C(=O)Nc2ccc(F)c(Cl)c2F)C1. The van der Waals surface area contributed by atoms with Crippen LogP contribution in [0, 0.1) is 17.6 Å². The van der Waals surface area contributed by atoms with Crippen molar-refractivity contribution in [3.63, 3.8) is 0 Å². The van der Waals surface area contributed by atoms with Crippen LogP contribution in [-0.2, 0) is 19.1 Å². The van der Waals surface area contributed by atoms with E-state index >= 15 is 0 Å². The van der Waals surface area contributed by atoms with E-state index in [0.717, 1.165) is 12.1 Å². The molecule has 0 aliphatic carbocycles. The molecule has 1 saturated heterocycles. The number of halogens is 3. The Kier molecular flexibility index (Phi) is 5.71. The molecule has 130 valence electrons. The van der Waals surface area contributed by atoms with Crippen molar-refractivity contribution in [3.05, 3.63) is 28.8 Å². The van der Waals surface area contributed by atoms with Crippen molar-refractivity contribution in [2.45, 2.75) is 13.3 Å². The molecule has 1 aliphatic heterocycles. The van der Waals surface area contributed by atoms with Crippen molar-refractivity contribution in [2.75, 3.05) is 25.0 Å². The quantitative estimate of drug-likeness (QED) is 0.508. The molecule has 0 aromatic heterocycles. The van der Waals surface area contributed by atoms with Crippen molar-refractivity contribution in [2.24, 2.45) is 5.92 Å². The van der Waals surface area contributed by atoms with Crippen LogP contribution in [0.4, 0.5) is 14.5 Å². The number of ether oxygens (including phenoxy) is 1. The molecule has 1 atom stereocenters. The number of anilines is 1. The molecule has 0 spiro atoms. The maximum atomic E-state index is 13.8. The van der Waals surface area contributed by atoms with Crippen LogP contribution >= 0.6 is 11.6 Å². The lowest BCUT2D eigenvalue weighted by Crippen LogP contribution is -2.37. The number of likely N-dealkylation sites (tertiary alicyclic amines) is 1. The van der Waals surface area contributed by atoms with Gasteiger partial charge in [0.2, 0.25) is 5.91 Å². The molecular formula is C15H15ClF2N2O4. The van der Waals surface area contributed by atoms with Crippen molar-refractivity contribution >= 4 is 35.1 Å². The molecule has 0 saturated carbocycles. The largest absolute Gasteiger partial charge is 0.459 e.